The second-order valence-corrected chi connectivity index (χ2v) is 6.37. The van der Waals surface area contributed by atoms with Crippen molar-refractivity contribution in [3.8, 4) is 0 Å². The molecule has 0 saturated carbocycles. The molecule has 112 valence electrons. The maximum atomic E-state index is 12.4. The molecular formula is C16H21N3O2. The number of hydrogen-bond acceptors (Lipinski definition) is 4. The predicted octanol–water partition coefficient (Wildman–Crippen LogP) is 3.74. The van der Waals surface area contributed by atoms with Gasteiger partial charge < -0.3 is 9.84 Å². The van der Waals surface area contributed by atoms with Crippen LogP contribution in [0.2, 0.25) is 0 Å². The zero-order valence-electron chi connectivity index (χ0n) is 13.1. The highest BCUT2D eigenvalue weighted by atomic mass is 16.5. The Morgan fingerprint density at radius 2 is 2.05 bits per heavy atom. The van der Waals surface area contributed by atoms with E-state index in [-0.39, 0.29) is 17.2 Å². The van der Waals surface area contributed by atoms with Crippen molar-refractivity contribution >= 4 is 11.7 Å². The van der Waals surface area contributed by atoms with Crippen LogP contribution in [-0.2, 0) is 5.41 Å². The number of nitrogens with one attached hydrogen (secondary N) is 1. The fourth-order valence-electron chi connectivity index (χ4n) is 1.99. The molecule has 5 nitrogen and oxygen atoms in total. The number of anilines is 1. The van der Waals surface area contributed by atoms with Gasteiger partial charge >= 0.3 is 0 Å². The molecule has 0 radical (unpaired) electrons. The van der Waals surface area contributed by atoms with Gasteiger partial charge in [-0.2, -0.15) is 0 Å². The lowest BCUT2D eigenvalue weighted by molar-refractivity contribution is 0.101. The van der Waals surface area contributed by atoms with Gasteiger partial charge in [-0.15, -0.1) is 0 Å². The molecular weight excluding hydrogens is 266 g/mol. The summed E-state index contributed by atoms with van der Waals surface area (Å²) in [6.07, 6.45) is 1.62. The third-order valence-corrected chi connectivity index (χ3v) is 3.17. The highest BCUT2D eigenvalue weighted by Crippen LogP contribution is 2.25. The van der Waals surface area contributed by atoms with Crippen LogP contribution >= 0.6 is 0 Å². The average molecular weight is 287 g/mol. The summed E-state index contributed by atoms with van der Waals surface area (Å²) in [7, 11) is 0. The van der Waals surface area contributed by atoms with Crippen molar-refractivity contribution in [3.05, 3.63) is 41.4 Å². The van der Waals surface area contributed by atoms with Gasteiger partial charge in [-0.1, -0.05) is 45.8 Å². The van der Waals surface area contributed by atoms with Crippen molar-refractivity contribution in [2.75, 3.05) is 5.32 Å². The van der Waals surface area contributed by atoms with Gasteiger partial charge in [0.25, 0.3) is 5.91 Å². The van der Waals surface area contributed by atoms with Crippen molar-refractivity contribution < 1.29 is 9.32 Å². The normalized spacial score (nSPS) is 11.7. The molecule has 21 heavy (non-hydrogen) atoms. The standard InChI is InChI=1S/C16H21N3O2/c1-10(2)12-9-13(19-21-12)18-15(20)14-11(16(3,4)5)7-6-8-17-14/h6-10H,1-5H3,(H,18,19,20). The van der Waals surface area contributed by atoms with Crippen LogP contribution in [0.4, 0.5) is 5.82 Å². The van der Waals surface area contributed by atoms with E-state index in [1.165, 1.54) is 0 Å². The van der Waals surface area contributed by atoms with Crippen LogP contribution in [-0.4, -0.2) is 16.0 Å². The average Bonchev–Trinajstić information content (AvgIpc) is 2.86. The minimum atomic E-state index is -0.274. The summed E-state index contributed by atoms with van der Waals surface area (Å²) in [5.41, 5.74) is 1.16. The van der Waals surface area contributed by atoms with Crippen LogP contribution < -0.4 is 5.32 Å². The molecule has 0 aliphatic heterocycles. The number of hydrogen-bond donors (Lipinski definition) is 1. The van der Waals surface area contributed by atoms with E-state index in [2.05, 4.69) is 15.5 Å². The Balaban J connectivity index is 2.24. The van der Waals surface area contributed by atoms with Gasteiger partial charge in [0.15, 0.2) is 5.82 Å². The summed E-state index contributed by atoms with van der Waals surface area (Å²) in [4.78, 5) is 16.6. The topological polar surface area (TPSA) is 68.0 Å². The van der Waals surface area contributed by atoms with E-state index in [1.54, 1.807) is 12.3 Å². The summed E-state index contributed by atoms with van der Waals surface area (Å²) in [6, 6.07) is 5.50. The second-order valence-electron chi connectivity index (χ2n) is 6.37. The Bertz CT molecular complexity index is 639. The van der Waals surface area contributed by atoms with Gasteiger partial charge in [0.1, 0.15) is 11.5 Å². The minimum Gasteiger partial charge on any atom is -0.359 e. The zero-order valence-corrected chi connectivity index (χ0v) is 13.1. The molecule has 0 aliphatic rings. The Morgan fingerprint density at radius 3 is 2.62 bits per heavy atom. The number of carbonyl (C=O) groups excluding carboxylic acids is 1. The first kappa shape index (κ1) is 15.2. The van der Waals surface area contributed by atoms with Gasteiger partial charge in [-0.25, -0.2) is 0 Å². The van der Waals surface area contributed by atoms with Crippen LogP contribution in [0.5, 0.6) is 0 Å². The van der Waals surface area contributed by atoms with Gasteiger partial charge in [0.05, 0.1) is 0 Å². The van der Waals surface area contributed by atoms with Crippen molar-refractivity contribution in [1.82, 2.24) is 10.1 Å². The third-order valence-electron chi connectivity index (χ3n) is 3.17. The summed E-state index contributed by atoms with van der Waals surface area (Å²) in [5.74, 6) is 1.10. The largest absolute Gasteiger partial charge is 0.359 e. The lowest BCUT2D eigenvalue weighted by Crippen LogP contribution is -2.22. The summed E-state index contributed by atoms with van der Waals surface area (Å²) < 4.78 is 5.18. The van der Waals surface area contributed by atoms with Gasteiger partial charge in [-0.05, 0) is 17.0 Å². The van der Waals surface area contributed by atoms with E-state index in [0.717, 1.165) is 11.3 Å². The number of amides is 1. The lowest BCUT2D eigenvalue weighted by atomic mass is 9.85. The van der Waals surface area contributed by atoms with Crippen molar-refractivity contribution in [2.24, 2.45) is 0 Å². The molecule has 0 fully saturated rings. The summed E-state index contributed by atoms with van der Waals surface area (Å²) in [6.45, 7) is 10.2. The van der Waals surface area contributed by atoms with Crippen LogP contribution in [0.25, 0.3) is 0 Å². The van der Waals surface area contributed by atoms with E-state index in [4.69, 9.17) is 4.52 Å². The predicted molar refractivity (Wildman–Crippen MR) is 81.5 cm³/mol. The Hall–Kier alpha value is -2.17. The molecule has 1 N–H and O–H groups in total. The minimum absolute atomic E-state index is 0.159. The number of aromatic nitrogens is 2. The molecule has 0 unspecified atom stereocenters. The van der Waals surface area contributed by atoms with Gasteiger partial charge in [0.2, 0.25) is 0 Å². The quantitative estimate of drug-likeness (QED) is 0.933. The molecule has 0 aromatic carbocycles. The highest BCUT2D eigenvalue weighted by molar-refractivity contribution is 6.03. The molecule has 2 rings (SSSR count). The number of carbonyl (C=O) groups is 1. The molecule has 2 heterocycles. The summed E-state index contributed by atoms with van der Waals surface area (Å²) in [5, 5.41) is 6.60. The lowest BCUT2D eigenvalue weighted by Gasteiger charge is -2.21. The Labute approximate surface area is 124 Å². The fourth-order valence-corrected chi connectivity index (χ4v) is 1.99. The van der Waals surface area contributed by atoms with E-state index in [1.807, 2.05) is 46.8 Å². The maximum absolute atomic E-state index is 12.4. The first-order valence-corrected chi connectivity index (χ1v) is 7.02. The zero-order chi connectivity index (χ0) is 15.6. The van der Waals surface area contributed by atoms with Crippen molar-refractivity contribution in [1.29, 1.82) is 0 Å². The fraction of sp³-hybridized carbons (Fsp3) is 0.438. The van der Waals surface area contributed by atoms with Crippen LogP contribution in [0.15, 0.2) is 28.9 Å². The Kier molecular flexibility index (Phi) is 4.11. The molecule has 0 bridgehead atoms. The first-order valence-electron chi connectivity index (χ1n) is 7.02. The van der Waals surface area contributed by atoms with E-state index in [9.17, 15) is 4.79 Å². The summed E-state index contributed by atoms with van der Waals surface area (Å²) >= 11 is 0. The SMILES string of the molecule is CC(C)c1cc(NC(=O)c2ncccc2C(C)(C)C)no1. The second kappa shape index (κ2) is 5.68. The molecule has 0 aliphatic carbocycles. The van der Waals surface area contributed by atoms with Crippen molar-refractivity contribution in [2.45, 2.75) is 46.0 Å². The van der Waals surface area contributed by atoms with Crippen LogP contribution in [0.1, 0.15) is 62.3 Å². The van der Waals surface area contributed by atoms with E-state index >= 15 is 0 Å². The van der Waals surface area contributed by atoms with E-state index < -0.39 is 0 Å². The van der Waals surface area contributed by atoms with Gasteiger partial charge in [-0.3, -0.25) is 9.78 Å². The monoisotopic (exact) mass is 287 g/mol. The molecule has 1 amide bonds. The van der Waals surface area contributed by atoms with Crippen LogP contribution in [0.3, 0.4) is 0 Å². The molecule has 5 heteroatoms. The Morgan fingerprint density at radius 1 is 1.33 bits per heavy atom. The maximum Gasteiger partial charge on any atom is 0.275 e. The third kappa shape index (κ3) is 3.48. The molecule has 0 saturated heterocycles. The number of rotatable bonds is 3. The number of nitrogens with zero attached hydrogens (tertiary/aromatic N) is 2. The van der Waals surface area contributed by atoms with Crippen molar-refractivity contribution in [3.63, 3.8) is 0 Å². The van der Waals surface area contributed by atoms with E-state index in [0.29, 0.717) is 11.5 Å². The molecule has 0 atom stereocenters. The molecule has 2 aromatic rings. The van der Waals surface area contributed by atoms with Crippen LogP contribution in [0, 0.1) is 0 Å². The first-order chi connectivity index (χ1) is 9.79. The smallest absolute Gasteiger partial charge is 0.275 e. The molecule has 2 aromatic heterocycles. The number of pyridine rings is 1. The van der Waals surface area contributed by atoms with Gasteiger partial charge in [0, 0.05) is 18.2 Å². The molecule has 0 spiro atoms. The highest BCUT2D eigenvalue weighted by Gasteiger charge is 2.23.